The third kappa shape index (κ3) is 2.69. The van der Waals surface area contributed by atoms with E-state index in [-0.39, 0.29) is 18.2 Å². The third-order valence-corrected chi connectivity index (χ3v) is 3.33. The fourth-order valence-corrected chi connectivity index (χ4v) is 2.36. The predicted octanol–water partition coefficient (Wildman–Crippen LogP) is 0.422. The maximum atomic E-state index is 11.9. The van der Waals surface area contributed by atoms with Crippen LogP contribution in [0.2, 0.25) is 0 Å². The first-order chi connectivity index (χ1) is 8.10. The van der Waals surface area contributed by atoms with Gasteiger partial charge in [-0.05, 0) is 19.3 Å². The molecule has 0 aromatic rings. The first kappa shape index (κ1) is 12.2. The number of hydrogen-bond donors (Lipinski definition) is 2. The molecule has 2 amide bonds. The second-order valence-corrected chi connectivity index (χ2v) is 4.61. The Bertz CT molecular complexity index is 309. The number of carboxylic acid groups (broad SMARTS) is 1. The number of rotatable bonds is 3. The van der Waals surface area contributed by atoms with Crippen LogP contribution < -0.4 is 5.32 Å². The molecule has 2 unspecified atom stereocenters. The van der Waals surface area contributed by atoms with Gasteiger partial charge in [-0.1, -0.05) is 6.92 Å². The Morgan fingerprint density at radius 1 is 1.41 bits per heavy atom. The molecule has 0 aliphatic carbocycles. The van der Waals surface area contributed by atoms with E-state index in [1.54, 1.807) is 11.8 Å². The molecule has 2 fully saturated rings. The average molecular weight is 242 g/mol. The van der Waals surface area contributed by atoms with Gasteiger partial charge in [-0.15, -0.1) is 0 Å². The van der Waals surface area contributed by atoms with Crippen molar-refractivity contribution in [2.45, 2.75) is 44.4 Å². The van der Waals surface area contributed by atoms with Crippen molar-refractivity contribution < 1.29 is 19.4 Å². The number of amides is 2. The highest BCUT2D eigenvalue weighted by Gasteiger charge is 2.36. The van der Waals surface area contributed by atoms with Gasteiger partial charge in [0.1, 0.15) is 6.04 Å². The van der Waals surface area contributed by atoms with Gasteiger partial charge < -0.3 is 20.1 Å². The van der Waals surface area contributed by atoms with E-state index in [4.69, 9.17) is 9.84 Å². The Kier molecular flexibility index (Phi) is 3.51. The molecule has 2 saturated heterocycles. The molecular weight excluding hydrogens is 224 g/mol. The highest BCUT2D eigenvalue weighted by molar-refractivity contribution is 5.82. The Balaban J connectivity index is 1.89. The monoisotopic (exact) mass is 242 g/mol. The topological polar surface area (TPSA) is 78.9 Å². The van der Waals surface area contributed by atoms with Crippen LogP contribution in [-0.2, 0) is 9.53 Å². The number of morpholine rings is 1. The van der Waals surface area contributed by atoms with Crippen molar-refractivity contribution in [3.05, 3.63) is 0 Å². The molecule has 6 heteroatoms. The number of likely N-dealkylation sites (tertiary alicyclic amines) is 1. The quantitative estimate of drug-likeness (QED) is 0.752. The van der Waals surface area contributed by atoms with Crippen molar-refractivity contribution in [1.82, 2.24) is 10.2 Å². The van der Waals surface area contributed by atoms with Gasteiger partial charge in [-0.2, -0.15) is 0 Å². The number of fused-ring (bicyclic) bond motifs is 2. The van der Waals surface area contributed by atoms with Gasteiger partial charge in [0.25, 0.3) is 0 Å². The summed E-state index contributed by atoms with van der Waals surface area (Å²) in [5.74, 6) is -0.989. The molecule has 6 nitrogen and oxygen atoms in total. The van der Waals surface area contributed by atoms with Crippen LogP contribution in [0, 0.1) is 0 Å². The lowest BCUT2D eigenvalue weighted by Crippen LogP contribution is -2.53. The Hall–Kier alpha value is -1.30. The Morgan fingerprint density at radius 2 is 2.00 bits per heavy atom. The highest BCUT2D eigenvalue weighted by Crippen LogP contribution is 2.26. The number of nitrogens with one attached hydrogen (secondary N) is 1. The number of nitrogens with zero attached hydrogens (tertiary/aromatic N) is 1. The number of ether oxygens (including phenoxy) is 1. The van der Waals surface area contributed by atoms with Gasteiger partial charge >= 0.3 is 12.0 Å². The fourth-order valence-electron chi connectivity index (χ4n) is 2.36. The number of carbonyl (C=O) groups is 2. The van der Waals surface area contributed by atoms with Crippen molar-refractivity contribution in [2.75, 3.05) is 13.1 Å². The summed E-state index contributed by atoms with van der Waals surface area (Å²) >= 11 is 0. The van der Waals surface area contributed by atoms with Crippen LogP contribution in [0.5, 0.6) is 0 Å². The minimum Gasteiger partial charge on any atom is -0.480 e. The van der Waals surface area contributed by atoms with Gasteiger partial charge in [0.05, 0.1) is 12.2 Å². The summed E-state index contributed by atoms with van der Waals surface area (Å²) in [5, 5.41) is 11.4. The molecular formula is C11H18N2O4. The molecule has 2 aliphatic heterocycles. The van der Waals surface area contributed by atoms with Gasteiger partial charge in [0, 0.05) is 13.1 Å². The Morgan fingerprint density at radius 3 is 2.47 bits per heavy atom. The number of carboxylic acids is 1. The molecule has 0 saturated carbocycles. The summed E-state index contributed by atoms with van der Waals surface area (Å²) in [6.07, 6.45) is 2.63. The van der Waals surface area contributed by atoms with Crippen LogP contribution >= 0.6 is 0 Å². The summed E-state index contributed by atoms with van der Waals surface area (Å²) in [7, 11) is 0. The summed E-state index contributed by atoms with van der Waals surface area (Å²) in [4.78, 5) is 24.4. The molecule has 2 bridgehead atoms. The van der Waals surface area contributed by atoms with E-state index < -0.39 is 12.0 Å². The normalized spacial score (nSPS) is 28.9. The molecule has 0 spiro atoms. The standard InChI is InChI=1S/C11H18N2O4/c1-2-9(10(14)15)12-11(16)13-5-7-3-4-8(6-13)17-7/h7-9H,2-6H2,1H3,(H,12,16)(H,14,15)/t7?,8?,9-/m1/s1. The largest absolute Gasteiger partial charge is 0.480 e. The van der Waals surface area contributed by atoms with Crippen molar-refractivity contribution >= 4 is 12.0 Å². The minimum absolute atomic E-state index is 0.129. The van der Waals surface area contributed by atoms with E-state index >= 15 is 0 Å². The third-order valence-electron chi connectivity index (χ3n) is 3.33. The number of urea groups is 1. The van der Waals surface area contributed by atoms with Gasteiger partial charge in [0.2, 0.25) is 0 Å². The average Bonchev–Trinajstić information content (AvgIpc) is 2.64. The molecule has 2 heterocycles. The molecule has 3 atom stereocenters. The van der Waals surface area contributed by atoms with Crippen LogP contribution in [0.1, 0.15) is 26.2 Å². The second-order valence-electron chi connectivity index (χ2n) is 4.61. The molecule has 2 aliphatic rings. The lowest BCUT2D eigenvalue weighted by atomic mass is 10.2. The summed E-state index contributed by atoms with van der Waals surface area (Å²) in [5.41, 5.74) is 0. The van der Waals surface area contributed by atoms with Gasteiger partial charge in [-0.3, -0.25) is 0 Å². The van der Waals surface area contributed by atoms with Gasteiger partial charge in [0.15, 0.2) is 0 Å². The first-order valence-electron chi connectivity index (χ1n) is 6.04. The lowest BCUT2D eigenvalue weighted by molar-refractivity contribution is -0.139. The fraction of sp³-hybridized carbons (Fsp3) is 0.818. The zero-order chi connectivity index (χ0) is 12.4. The van der Waals surface area contributed by atoms with Crippen molar-refractivity contribution in [3.8, 4) is 0 Å². The molecule has 0 radical (unpaired) electrons. The van der Waals surface area contributed by atoms with Crippen molar-refractivity contribution in [2.24, 2.45) is 0 Å². The van der Waals surface area contributed by atoms with Crippen LogP contribution in [0.25, 0.3) is 0 Å². The molecule has 2 rings (SSSR count). The lowest BCUT2D eigenvalue weighted by Gasteiger charge is -2.32. The van der Waals surface area contributed by atoms with E-state index in [0.29, 0.717) is 19.5 Å². The Labute approximate surface area is 99.9 Å². The van der Waals surface area contributed by atoms with Crippen LogP contribution in [0.4, 0.5) is 4.79 Å². The number of carbonyl (C=O) groups excluding carboxylic acids is 1. The predicted molar refractivity (Wildman–Crippen MR) is 59.7 cm³/mol. The molecule has 96 valence electrons. The van der Waals surface area contributed by atoms with Crippen LogP contribution in [-0.4, -0.2) is 53.3 Å². The van der Waals surface area contributed by atoms with E-state index in [9.17, 15) is 9.59 Å². The SMILES string of the molecule is CC[C@@H](NC(=O)N1CC2CCC(C1)O2)C(=O)O. The number of aliphatic carboxylic acids is 1. The van der Waals surface area contributed by atoms with Gasteiger partial charge in [-0.25, -0.2) is 9.59 Å². The molecule has 0 aromatic heterocycles. The summed E-state index contributed by atoms with van der Waals surface area (Å²) in [6, 6.07) is -1.09. The number of hydrogen-bond acceptors (Lipinski definition) is 3. The van der Waals surface area contributed by atoms with E-state index in [2.05, 4.69) is 5.32 Å². The van der Waals surface area contributed by atoms with E-state index in [1.165, 1.54) is 0 Å². The summed E-state index contributed by atoms with van der Waals surface area (Å²) < 4.78 is 5.62. The molecule has 0 aromatic carbocycles. The zero-order valence-corrected chi connectivity index (χ0v) is 9.89. The van der Waals surface area contributed by atoms with Crippen molar-refractivity contribution in [1.29, 1.82) is 0 Å². The summed E-state index contributed by atoms with van der Waals surface area (Å²) in [6.45, 7) is 2.87. The minimum atomic E-state index is -0.989. The second kappa shape index (κ2) is 4.91. The van der Waals surface area contributed by atoms with Crippen LogP contribution in [0.15, 0.2) is 0 Å². The molecule has 17 heavy (non-hydrogen) atoms. The van der Waals surface area contributed by atoms with E-state index in [1.807, 2.05) is 0 Å². The highest BCUT2D eigenvalue weighted by atomic mass is 16.5. The maximum absolute atomic E-state index is 11.9. The van der Waals surface area contributed by atoms with Crippen molar-refractivity contribution in [3.63, 3.8) is 0 Å². The smallest absolute Gasteiger partial charge is 0.326 e. The first-order valence-corrected chi connectivity index (χ1v) is 6.04. The molecule has 2 N–H and O–H groups in total. The zero-order valence-electron chi connectivity index (χ0n) is 9.89. The van der Waals surface area contributed by atoms with E-state index in [0.717, 1.165) is 12.8 Å². The van der Waals surface area contributed by atoms with Crippen LogP contribution in [0.3, 0.4) is 0 Å². The maximum Gasteiger partial charge on any atom is 0.326 e.